The summed E-state index contributed by atoms with van der Waals surface area (Å²) < 4.78 is 0. The fourth-order valence-electron chi connectivity index (χ4n) is 1.91. The predicted molar refractivity (Wildman–Crippen MR) is 77.5 cm³/mol. The van der Waals surface area contributed by atoms with Crippen molar-refractivity contribution in [1.82, 2.24) is 15.2 Å². The van der Waals surface area contributed by atoms with Gasteiger partial charge in [0.2, 0.25) is 0 Å². The van der Waals surface area contributed by atoms with Crippen LogP contribution in [-0.2, 0) is 6.54 Å². The van der Waals surface area contributed by atoms with Crippen LogP contribution in [0, 0.1) is 5.92 Å². The highest BCUT2D eigenvalue weighted by Crippen LogP contribution is 2.02. The molecule has 102 valence electrons. The predicted octanol–water partition coefficient (Wildman–Crippen LogP) is 2.54. The lowest BCUT2D eigenvalue weighted by molar-refractivity contribution is 0.323. The van der Waals surface area contributed by atoms with E-state index in [0.29, 0.717) is 0 Å². The Morgan fingerprint density at radius 3 is 2.83 bits per heavy atom. The Morgan fingerprint density at radius 1 is 1.33 bits per heavy atom. The fraction of sp³-hybridized carbons (Fsp3) is 0.667. The highest BCUT2D eigenvalue weighted by Gasteiger charge is 1.99. The van der Waals surface area contributed by atoms with E-state index in [9.17, 15) is 0 Å². The number of aromatic nitrogens is 1. The summed E-state index contributed by atoms with van der Waals surface area (Å²) in [5, 5.41) is 3.50. The van der Waals surface area contributed by atoms with Crippen molar-refractivity contribution in [2.45, 2.75) is 33.2 Å². The molecule has 0 bridgehead atoms. The van der Waals surface area contributed by atoms with Gasteiger partial charge >= 0.3 is 0 Å². The lowest BCUT2D eigenvalue weighted by Crippen LogP contribution is -2.29. The molecular weight excluding hydrogens is 222 g/mol. The summed E-state index contributed by atoms with van der Waals surface area (Å²) in [6.07, 6.45) is 6.36. The zero-order valence-corrected chi connectivity index (χ0v) is 12.0. The van der Waals surface area contributed by atoms with Crippen LogP contribution < -0.4 is 5.32 Å². The van der Waals surface area contributed by atoms with Gasteiger partial charge in [0, 0.05) is 32.0 Å². The minimum Gasteiger partial charge on any atom is -0.315 e. The van der Waals surface area contributed by atoms with E-state index in [1.165, 1.54) is 18.4 Å². The first-order chi connectivity index (χ1) is 8.68. The van der Waals surface area contributed by atoms with Gasteiger partial charge in [-0.1, -0.05) is 19.9 Å². The molecule has 0 fully saturated rings. The summed E-state index contributed by atoms with van der Waals surface area (Å²) in [6.45, 7) is 8.81. The van der Waals surface area contributed by atoms with Gasteiger partial charge in [0.25, 0.3) is 0 Å². The Balaban J connectivity index is 2.02. The SMILES string of the molecule is CC(C)CCCNCCN(C)Cc1cccnc1. The second-order valence-electron chi connectivity index (χ2n) is 5.39. The molecule has 0 saturated heterocycles. The van der Waals surface area contributed by atoms with Gasteiger partial charge < -0.3 is 10.2 Å². The second kappa shape index (κ2) is 9.06. The average Bonchev–Trinajstić information content (AvgIpc) is 2.34. The van der Waals surface area contributed by atoms with Crippen molar-refractivity contribution in [1.29, 1.82) is 0 Å². The number of pyridine rings is 1. The summed E-state index contributed by atoms with van der Waals surface area (Å²) in [6, 6.07) is 4.12. The first kappa shape index (κ1) is 15.1. The number of hydrogen-bond donors (Lipinski definition) is 1. The molecule has 1 N–H and O–H groups in total. The van der Waals surface area contributed by atoms with Crippen molar-refractivity contribution < 1.29 is 0 Å². The van der Waals surface area contributed by atoms with Gasteiger partial charge in [0.15, 0.2) is 0 Å². The van der Waals surface area contributed by atoms with Gasteiger partial charge in [0.05, 0.1) is 0 Å². The molecule has 0 aliphatic heterocycles. The van der Waals surface area contributed by atoms with Crippen molar-refractivity contribution in [3.63, 3.8) is 0 Å². The van der Waals surface area contributed by atoms with Crippen molar-refractivity contribution in [2.24, 2.45) is 5.92 Å². The van der Waals surface area contributed by atoms with Crippen LogP contribution >= 0.6 is 0 Å². The zero-order chi connectivity index (χ0) is 13.2. The summed E-state index contributed by atoms with van der Waals surface area (Å²) >= 11 is 0. The third kappa shape index (κ3) is 7.41. The van der Waals surface area contributed by atoms with Crippen molar-refractivity contribution in [3.8, 4) is 0 Å². The van der Waals surface area contributed by atoms with Crippen molar-refractivity contribution in [3.05, 3.63) is 30.1 Å². The second-order valence-corrected chi connectivity index (χ2v) is 5.39. The summed E-state index contributed by atoms with van der Waals surface area (Å²) in [5.41, 5.74) is 1.28. The van der Waals surface area contributed by atoms with Crippen LogP contribution in [0.1, 0.15) is 32.3 Å². The molecule has 0 aromatic carbocycles. The number of nitrogens with zero attached hydrogens (tertiary/aromatic N) is 2. The van der Waals surface area contributed by atoms with Crippen LogP contribution in [0.2, 0.25) is 0 Å². The minimum absolute atomic E-state index is 0.819. The molecule has 0 atom stereocenters. The van der Waals surface area contributed by atoms with Crippen LogP contribution in [0.4, 0.5) is 0 Å². The Bertz CT molecular complexity index is 298. The van der Waals surface area contributed by atoms with Gasteiger partial charge in [0.1, 0.15) is 0 Å². The average molecular weight is 249 g/mol. The maximum atomic E-state index is 4.13. The minimum atomic E-state index is 0.819. The number of rotatable bonds is 9. The molecule has 0 radical (unpaired) electrons. The molecule has 0 aliphatic carbocycles. The monoisotopic (exact) mass is 249 g/mol. The van der Waals surface area contributed by atoms with Gasteiger partial charge in [-0.05, 0) is 44.0 Å². The molecule has 3 nitrogen and oxygen atoms in total. The van der Waals surface area contributed by atoms with E-state index in [0.717, 1.165) is 32.1 Å². The molecule has 1 heterocycles. The molecule has 18 heavy (non-hydrogen) atoms. The summed E-state index contributed by atoms with van der Waals surface area (Å²) in [7, 11) is 2.16. The number of likely N-dealkylation sites (N-methyl/N-ethyl adjacent to an activating group) is 1. The molecule has 0 spiro atoms. The third-order valence-corrected chi connectivity index (χ3v) is 2.98. The normalized spacial score (nSPS) is 11.4. The molecule has 0 amide bonds. The Morgan fingerprint density at radius 2 is 2.17 bits per heavy atom. The molecular formula is C15H27N3. The van der Waals surface area contributed by atoms with E-state index in [4.69, 9.17) is 0 Å². The largest absolute Gasteiger partial charge is 0.315 e. The van der Waals surface area contributed by atoms with Crippen LogP contribution in [0.15, 0.2) is 24.5 Å². The highest BCUT2D eigenvalue weighted by molar-refractivity contribution is 5.07. The lowest BCUT2D eigenvalue weighted by atomic mass is 10.1. The van der Waals surface area contributed by atoms with Crippen LogP contribution in [-0.4, -0.2) is 36.6 Å². The van der Waals surface area contributed by atoms with E-state index >= 15 is 0 Å². The first-order valence-electron chi connectivity index (χ1n) is 6.96. The molecule has 1 aromatic heterocycles. The van der Waals surface area contributed by atoms with Crippen LogP contribution in [0.25, 0.3) is 0 Å². The van der Waals surface area contributed by atoms with E-state index in [2.05, 4.69) is 42.2 Å². The number of hydrogen-bond acceptors (Lipinski definition) is 3. The van der Waals surface area contributed by atoms with Gasteiger partial charge in [-0.3, -0.25) is 4.98 Å². The molecule has 3 heteroatoms. The topological polar surface area (TPSA) is 28.2 Å². The van der Waals surface area contributed by atoms with Gasteiger partial charge in [-0.25, -0.2) is 0 Å². The van der Waals surface area contributed by atoms with Crippen molar-refractivity contribution >= 4 is 0 Å². The Hall–Kier alpha value is -0.930. The fourth-order valence-corrected chi connectivity index (χ4v) is 1.91. The third-order valence-electron chi connectivity index (χ3n) is 2.98. The Labute approximate surface area is 112 Å². The highest BCUT2D eigenvalue weighted by atomic mass is 15.1. The first-order valence-corrected chi connectivity index (χ1v) is 6.96. The standard InChI is InChI=1S/C15H27N3/c1-14(2)6-4-8-16-10-11-18(3)13-15-7-5-9-17-12-15/h5,7,9,12,14,16H,4,6,8,10-11,13H2,1-3H3. The quantitative estimate of drug-likeness (QED) is 0.682. The van der Waals surface area contributed by atoms with Gasteiger partial charge in [-0.15, -0.1) is 0 Å². The van der Waals surface area contributed by atoms with Crippen LogP contribution in [0.3, 0.4) is 0 Å². The Kier molecular flexibility index (Phi) is 7.62. The van der Waals surface area contributed by atoms with Crippen molar-refractivity contribution in [2.75, 3.05) is 26.7 Å². The molecule has 0 aliphatic rings. The van der Waals surface area contributed by atoms with Gasteiger partial charge in [-0.2, -0.15) is 0 Å². The maximum absolute atomic E-state index is 4.13. The van der Waals surface area contributed by atoms with Crippen LogP contribution in [0.5, 0.6) is 0 Å². The smallest absolute Gasteiger partial charge is 0.0312 e. The molecule has 0 saturated carbocycles. The number of nitrogens with one attached hydrogen (secondary N) is 1. The molecule has 1 rings (SSSR count). The summed E-state index contributed by atoms with van der Waals surface area (Å²) in [5.74, 6) is 0.819. The van der Waals surface area contributed by atoms with E-state index in [-0.39, 0.29) is 0 Å². The lowest BCUT2D eigenvalue weighted by Gasteiger charge is -2.16. The summed E-state index contributed by atoms with van der Waals surface area (Å²) in [4.78, 5) is 6.46. The van der Waals surface area contributed by atoms with E-state index < -0.39 is 0 Å². The zero-order valence-electron chi connectivity index (χ0n) is 12.0. The maximum Gasteiger partial charge on any atom is 0.0312 e. The molecule has 1 aromatic rings. The molecule has 0 unspecified atom stereocenters. The van der Waals surface area contributed by atoms with E-state index in [1.807, 2.05) is 18.5 Å². The van der Waals surface area contributed by atoms with E-state index in [1.54, 1.807) is 0 Å².